The van der Waals surface area contributed by atoms with E-state index in [1.165, 1.54) is 38.5 Å². The fourth-order valence-electron chi connectivity index (χ4n) is 1.70. The maximum absolute atomic E-state index is 12.6. The normalized spacial score (nSPS) is 11.8. The van der Waals surface area contributed by atoms with Crippen LogP contribution in [-0.2, 0) is 19.5 Å². The van der Waals surface area contributed by atoms with Crippen LogP contribution in [0, 0.1) is 0 Å². The van der Waals surface area contributed by atoms with Crippen LogP contribution >= 0.6 is 0 Å². The molecule has 0 aliphatic heterocycles. The van der Waals surface area contributed by atoms with Gasteiger partial charge < -0.3 is 9.47 Å². The summed E-state index contributed by atoms with van der Waals surface area (Å²) >= 11 is 0. The molecule has 0 heterocycles. The molecule has 0 unspecified atom stereocenters. The number of sulfonamides is 1. The number of methoxy groups -OCH3 is 2. The molecule has 0 saturated heterocycles. The Morgan fingerprint density at radius 3 is 2.31 bits per heavy atom. The van der Waals surface area contributed by atoms with Crippen molar-refractivity contribution in [1.29, 1.82) is 0 Å². The molecule has 0 radical (unpaired) electrons. The van der Waals surface area contributed by atoms with E-state index in [2.05, 4.69) is 16.0 Å². The summed E-state index contributed by atoms with van der Waals surface area (Å²) in [6.07, 6.45) is 3.42. The molecule has 1 rings (SSSR count). The molecule has 7 heteroatoms. The molecule has 0 aliphatic carbocycles. The van der Waals surface area contributed by atoms with Gasteiger partial charge in [-0.15, -0.1) is 0 Å². The molecule has 0 spiro atoms. The standard InChI is InChI=1S/C17H21NO5S.C2H6/c1-6-12(2)10-16(13(3)22-4)18-24(20,21)15-9-7-8-14(11-15)17(19)23-5;1-2/h6-11,18H,3H2,1-2,4-5H3;1-2H3/b12-6-,16-10+;. The van der Waals surface area contributed by atoms with E-state index in [0.29, 0.717) is 0 Å². The highest BCUT2D eigenvalue weighted by Crippen LogP contribution is 2.17. The van der Waals surface area contributed by atoms with E-state index >= 15 is 0 Å². The van der Waals surface area contributed by atoms with Gasteiger partial charge in [-0.1, -0.05) is 38.1 Å². The van der Waals surface area contributed by atoms with E-state index < -0.39 is 16.0 Å². The Morgan fingerprint density at radius 2 is 1.81 bits per heavy atom. The number of hydrogen-bond acceptors (Lipinski definition) is 5. The molecule has 0 fully saturated rings. The summed E-state index contributed by atoms with van der Waals surface area (Å²) in [4.78, 5) is 11.5. The van der Waals surface area contributed by atoms with E-state index in [1.54, 1.807) is 6.08 Å². The second-order valence-electron chi connectivity index (χ2n) is 4.84. The highest BCUT2D eigenvalue weighted by atomic mass is 32.2. The Hall–Kier alpha value is -2.54. The molecule has 1 aromatic carbocycles. The summed E-state index contributed by atoms with van der Waals surface area (Å²) < 4.78 is 37.2. The zero-order valence-electron chi connectivity index (χ0n) is 16.1. The van der Waals surface area contributed by atoms with Gasteiger partial charge in [0.1, 0.15) is 5.76 Å². The fourth-order valence-corrected chi connectivity index (χ4v) is 2.82. The summed E-state index contributed by atoms with van der Waals surface area (Å²) in [5, 5.41) is 0. The fraction of sp³-hybridized carbons (Fsp3) is 0.316. The number of carbonyl (C=O) groups is 1. The van der Waals surface area contributed by atoms with Crippen molar-refractivity contribution >= 4 is 16.0 Å². The van der Waals surface area contributed by atoms with Gasteiger partial charge in [-0.2, -0.15) is 0 Å². The topological polar surface area (TPSA) is 81.7 Å². The second-order valence-corrected chi connectivity index (χ2v) is 6.53. The van der Waals surface area contributed by atoms with E-state index in [1.807, 2.05) is 33.8 Å². The third-order valence-electron chi connectivity index (χ3n) is 3.18. The van der Waals surface area contributed by atoms with Crippen molar-refractivity contribution < 1.29 is 22.7 Å². The smallest absolute Gasteiger partial charge is 0.337 e. The molecule has 0 amide bonds. The van der Waals surface area contributed by atoms with Gasteiger partial charge in [-0.05, 0) is 38.1 Å². The Balaban J connectivity index is 0.00000301. The Morgan fingerprint density at radius 1 is 1.19 bits per heavy atom. The monoisotopic (exact) mass is 381 g/mol. The predicted molar refractivity (Wildman–Crippen MR) is 103 cm³/mol. The van der Waals surface area contributed by atoms with Crippen molar-refractivity contribution in [3.63, 3.8) is 0 Å². The molecule has 0 saturated carbocycles. The van der Waals surface area contributed by atoms with E-state index in [9.17, 15) is 13.2 Å². The number of allylic oxidation sites excluding steroid dienone is 3. The van der Waals surface area contributed by atoms with Crippen LogP contribution in [0.15, 0.2) is 64.9 Å². The number of nitrogens with one attached hydrogen (secondary N) is 1. The first-order valence-electron chi connectivity index (χ1n) is 8.04. The number of ether oxygens (including phenoxy) is 2. The SMILES string of the molecule is C=C(OC)/C(=C\C(C)=C/C)NS(=O)(=O)c1cccc(C(=O)OC)c1.CC. The van der Waals surface area contributed by atoms with Crippen LogP contribution in [-0.4, -0.2) is 28.6 Å². The first kappa shape index (κ1) is 23.5. The molecule has 1 N–H and O–H groups in total. The summed E-state index contributed by atoms with van der Waals surface area (Å²) in [6, 6.07) is 5.56. The lowest BCUT2D eigenvalue weighted by atomic mass is 10.2. The van der Waals surface area contributed by atoms with Crippen LogP contribution in [0.25, 0.3) is 0 Å². The van der Waals surface area contributed by atoms with Crippen LogP contribution < -0.4 is 4.72 Å². The molecule has 0 aromatic heterocycles. The summed E-state index contributed by atoms with van der Waals surface area (Å²) in [7, 11) is -1.30. The van der Waals surface area contributed by atoms with Crippen molar-refractivity contribution in [2.45, 2.75) is 32.6 Å². The zero-order chi connectivity index (χ0) is 20.3. The van der Waals surface area contributed by atoms with E-state index in [4.69, 9.17) is 4.74 Å². The van der Waals surface area contributed by atoms with Crippen LogP contribution in [0.2, 0.25) is 0 Å². The molecule has 0 bridgehead atoms. The molecule has 1 aromatic rings. The van der Waals surface area contributed by atoms with Gasteiger partial charge in [0.2, 0.25) is 0 Å². The van der Waals surface area contributed by atoms with E-state index in [-0.39, 0.29) is 21.9 Å². The average Bonchev–Trinajstić information content (AvgIpc) is 2.67. The van der Waals surface area contributed by atoms with Gasteiger partial charge in [0.25, 0.3) is 10.0 Å². The lowest BCUT2D eigenvalue weighted by molar-refractivity contribution is 0.0600. The van der Waals surface area contributed by atoms with Crippen molar-refractivity contribution in [2.24, 2.45) is 0 Å². The van der Waals surface area contributed by atoms with Crippen LogP contribution in [0.1, 0.15) is 38.1 Å². The second kappa shape index (κ2) is 11.1. The maximum atomic E-state index is 12.6. The molecule has 144 valence electrons. The number of benzene rings is 1. The third-order valence-corrected chi connectivity index (χ3v) is 4.55. The van der Waals surface area contributed by atoms with Crippen molar-refractivity contribution in [3.05, 3.63) is 65.6 Å². The minimum Gasteiger partial charge on any atom is -0.495 e. The van der Waals surface area contributed by atoms with Gasteiger partial charge in [0, 0.05) is 0 Å². The lowest BCUT2D eigenvalue weighted by Crippen LogP contribution is -2.25. The van der Waals surface area contributed by atoms with Crippen molar-refractivity contribution in [3.8, 4) is 0 Å². The largest absolute Gasteiger partial charge is 0.495 e. The Kier molecular flexibility index (Phi) is 10.1. The lowest BCUT2D eigenvalue weighted by Gasteiger charge is -2.14. The van der Waals surface area contributed by atoms with Crippen molar-refractivity contribution in [2.75, 3.05) is 14.2 Å². The predicted octanol–water partition coefficient (Wildman–Crippen LogP) is 3.79. The van der Waals surface area contributed by atoms with Gasteiger partial charge in [0.15, 0.2) is 0 Å². The number of hydrogen-bond donors (Lipinski definition) is 1. The molecule has 6 nitrogen and oxygen atoms in total. The highest BCUT2D eigenvalue weighted by Gasteiger charge is 2.19. The van der Waals surface area contributed by atoms with Gasteiger partial charge >= 0.3 is 5.97 Å². The minimum atomic E-state index is -3.93. The average molecular weight is 381 g/mol. The van der Waals surface area contributed by atoms with Crippen LogP contribution in [0.4, 0.5) is 0 Å². The Bertz CT molecular complexity index is 792. The van der Waals surface area contributed by atoms with Gasteiger partial charge in [0.05, 0.1) is 30.4 Å². The molecular formula is C19H27NO5S. The number of esters is 1. The summed E-state index contributed by atoms with van der Waals surface area (Å²) in [5.74, 6) is -0.447. The number of rotatable bonds is 7. The summed E-state index contributed by atoms with van der Waals surface area (Å²) in [5.41, 5.74) is 1.17. The molecule has 0 atom stereocenters. The first-order chi connectivity index (χ1) is 12.2. The van der Waals surface area contributed by atoms with Crippen molar-refractivity contribution in [1.82, 2.24) is 4.72 Å². The first-order valence-corrected chi connectivity index (χ1v) is 9.52. The van der Waals surface area contributed by atoms with E-state index in [0.717, 1.165) is 5.57 Å². The van der Waals surface area contributed by atoms with Crippen LogP contribution in [0.5, 0.6) is 0 Å². The minimum absolute atomic E-state index is 0.0710. The molecule has 0 aliphatic rings. The van der Waals surface area contributed by atoms with Gasteiger partial charge in [-0.3, -0.25) is 4.72 Å². The van der Waals surface area contributed by atoms with Crippen LogP contribution in [0.3, 0.4) is 0 Å². The maximum Gasteiger partial charge on any atom is 0.337 e. The Labute approximate surface area is 156 Å². The molecule has 26 heavy (non-hydrogen) atoms. The number of carbonyl (C=O) groups excluding carboxylic acids is 1. The zero-order valence-corrected chi connectivity index (χ0v) is 16.9. The van der Waals surface area contributed by atoms with Gasteiger partial charge in [-0.25, -0.2) is 13.2 Å². The summed E-state index contributed by atoms with van der Waals surface area (Å²) in [6.45, 7) is 11.3. The highest BCUT2D eigenvalue weighted by molar-refractivity contribution is 7.89. The third kappa shape index (κ3) is 6.76. The quantitative estimate of drug-likeness (QED) is 0.441. The molecular weight excluding hydrogens is 354 g/mol.